The quantitative estimate of drug-likeness (QED) is 0.0326. The lowest BCUT2D eigenvalue weighted by molar-refractivity contribution is -0.249. The first-order valence-corrected chi connectivity index (χ1v) is 23.5. The molecule has 0 unspecified atom stereocenters. The minimum Gasteiger partial charge on any atom is -0.507 e. The van der Waals surface area contributed by atoms with Crippen LogP contribution < -0.4 is 5.32 Å². The van der Waals surface area contributed by atoms with Gasteiger partial charge in [-0.2, -0.15) is 0 Å². The van der Waals surface area contributed by atoms with E-state index in [4.69, 9.17) is 28.8 Å². The van der Waals surface area contributed by atoms with Crippen molar-refractivity contribution in [2.75, 3.05) is 20.3 Å². The van der Waals surface area contributed by atoms with Gasteiger partial charge in [-0.25, -0.2) is 4.79 Å². The van der Waals surface area contributed by atoms with Crippen LogP contribution in [-0.2, 0) is 44.5 Å². The van der Waals surface area contributed by atoms with Gasteiger partial charge < -0.3 is 54.5 Å². The Morgan fingerprint density at radius 2 is 1.53 bits per heavy atom. The number of ether oxygens (including phenoxy) is 5. The van der Waals surface area contributed by atoms with Crippen molar-refractivity contribution in [2.45, 2.75) is 126 Å². The summed E-state index contributed by atoms with van der Waals surface area (Å²) in [5.74, 6) is -6.16. The Balaban J connectivity index is 1.12. The molecule has 1 heterocycles. The number of esters is 1. The van der Waals surface area contributed by atoms with Crippen molar-refractivity contribution in [3.05, 3.63) is 118 Å². The zero-order valence-electron chi connectivity index (χ0n) is 39.1. The molecule has 372 valence electrons. The van der Waals surface area contributed by atoms with Crippen molar-refractivity contribution in [1.29, 1.82) is 0 Å². The monoisotopic (exact) mass is 965 g/mol. The zero-order valence-corrected chi connectivity index (χ0v) is 39.1. The van der Waals surface area contributed by atoms with Gasteiger partial charge in [0.05, 0.1) is 42.1 Å². The molecule has 1 amide bonds. The molecule has 17 nitrogen and oxygen atoms in total. The van der Waals surface area contributed by atoms with E-state index in [9.17, 15) is 49.2 Å². The number of aliphatic hydroxyl groups is 2. The van der Waals surface area contributed by atoms with E-state index >= 15 is 0 Å². The number of hydrogen-bond acceptors (Lipinski definition) is 15. The molecular formula is C53H59NO16. The van der Waals surface area contributed by atoms with E-state index in [2.05, 4.69) is 11.9 Å². The maximum Gasteiger partial charge on any atom is 0.407 e. The first-order valence-electron chi connectivity index (χ1n) is 23.5. The Bertz CT molecular complexity index is 2550. The number of carboxylic acid groups (broad SMARTS) is 1. The van der Waals surface area contributed by atoms with Crippen molar-refractivity contribution in [2.24, 2.45) is 0 Å². The van der Waals surface area contributed by atoms with Gasteiger partial charge in [0.2, 0.25) is 11.6 Å². The number of carbonyl (C=O) groups excluding carboxylic acids is 5. The van der Waals surface area contributed by atoms with E-state index < -0.39 is 114 Å². The summed E-state index contributed by atoms with van der Waals surface area (Å²) in [5, 5.41) is 59.2. The molecule has 0 bridgehead atoms. The topological polar surface area (TPSA) is 262 Å². The number of phenolic OH excluding ortho intramolecular Hbond substituents is 2. The van der Waals surface area contributed by atoms with E-state index in [1.165, 1.54) is 32.3 Å². The lowest BCUT2D eigenvalue weighted by Crippen LogP contribution is -2.56. The Kier molecular flexibility index (Phi) is 16.4. The molecule has 70 heavy (non-hydrogen) atoms. The van der Waals surface area contributed by atoms with Crippen LogP contribution in [0.25, 0.3) is 11.1 Å². The van der Waals surface area contributed by atoms with Gasteiger partial charge in [0.25, 0.3) is 0 Å². The van der Waals surface area contributed by atoms with E-state index in [1.807, 2.05) is 48.5 Å². The number of methoxy groups -OCH3 is 1. The van der Waals surface area contributed by atoms with Crippen LogP contribution in [0.3, 0.4) is 0 Å². The predicted octanol–water partition coefficient (Wildman–Crippen LogP) is 6.97. The molecule has 3 aliphatic carbocycles. The number of aromatic hydroxyl groups is 2. The normalized spacial score (nSPS) is 23.5. The fourth-order valence-electron chi connectivity index (χ4n) is 9.76. The number of allylic oxidation sites excluding steroid dienone is 4. The SMILES string of the molecule is C=C1C(=O)c2c(O)c3c(c(O)c2C(=O)C/C=C\C=C1OC)C[C@@](O)(C(=O)COC(=O)CCCCCCCCC(=O)O)C[C@@H]3O[C@H]1C[C@H](NC(=O)OCC2c3ccccc3-c3ccccc32)[C@H](O)[C@H](C)O1. The molecule has 1 saturated heterocycles. The van der Waals surface area contributed by atoms with Crippen LogP contribution in [0.4, 0.5) is 4.79 Å². The van der Waals surface area contributed by atoms with Crippen molar-refractivity contribution < 1.29 is 78.0 Å². The van der Waals surface area contributed by atoms with Gasteiger partial charge in [-0.3, -0.25) is 24.0 Å². The van der Waals surface area contributed by atoms with Gasteiger partial charge in [0.1, 0.15) is 35.6 Å². The lowest BCUT2D eigenvalue weighted by atomic mass is 9.73. The Morgan fingerprint density at radius 1 is 0.886 bits per heavy atom. The predicted molar refractivity (Wildman–Crippen MR) is 251 cm³/mol. The number of phenols is 2. The Morgan fingerprint density at radius 3 is 2.19 bits per heavy atom. The molecule has 3 aromatic carbocycles. The molecule has 17 heteroatoms. The average molecular weight is 966 g/mol. The van der Waals surface area contributed by atoms with Crippen LogP contribution in [-0.4, -0.2) is 111 Å². The van der Waals surface area contributed by atoms with Crippen LogP contribution >= 0.6 is 0 Å². The lowest BCUT2D eigenvalue weighted by Gasteiger charge is -2.42. The van der Waals surface area contributed by atoms with Crippen molar-refractivity contribution in [3.8, 4) is 22.6 Å². The molecule has 6 atom stereocenters. The number of rotatable bonds is 18. The minimum absolute atomic E-state index is 0.00607. The van der Waals surface area contributed by atoms with Crippen molar-refractivity contribution in [3.63, 3.8) is 0 Å². The van der Waals surface area contributed by atoms with Crippen molar-refractivity contribution >= 4 is 35.4 Å². The van der Waals surface area contributed by atoms with Crippen molar-refractivity contribution in [1.82, 2.24) is 5.32 Å². The van der Waals surface area contributed by atoms with Crippen LogP contribution in [0.2, 0.25) is 0 Å². The van der Waals surface area contributed by atoms with Gasteiger partial charge in [-0.15, -0.1) is 0 Å². The van der Waals surface area contributed by atoms with E-state index in [0.29, 0.717) is 19.3 Å². The maximum atomic E-state index is 14.2. The second-order valence-electron chi connectivity index (χ2n) is 18.1. The number of benzene rings is 3. The molecular weight excluding hydrogens is 907 g/mol. The van der Waals surface area contributed by atoms with E-state index in [0.717, 1.165) is 41.5 Å². The summed E-state index contributed by atoms with van der Waals surface area (Å²) in [6.45, 7) is 4.46. The summed E-state index contributed by atoms with van der Waals surface area (Å²) in [5.41, 5.74) is -0.405. The third kappa shape index (κ3) is 11.2. The Labute approximate surface area is 404 Å². The number of nitrogens with one attached hydrogen (secondary N) is 1. The highest BCUT2D eigenvalue weighted by Gasteiger charge is 2.50. The summed E-state index contributed by atoms with van der Waals surface area (Å²) >= 11 is 0. The maximum absolute atomic E-state index is 14.2. The van der Waals surface area contributed by atoms with Crippen LogP contribution in [0, 0.1) is 0 Å². The number of carbonyl (C=O) groups is 6. The third-order valence-corrected chi connectivity index (χ3v) is 13.5. The highest BCUT2D eigenvalue weighted by molar-refractivity contribution is 6.20. The number of ketones is 3. The second kappa shape index (κ2) is 22.4. The number of Topliss-reactive ketones (excluding diaryl/α,β-unsaturated/α-hetero) is 3. The molecule has 4 aliphatic rings. The summed E-state index contributed by atoms with van der Waals surface area (Å²) in [6, 6.07) is 14.6. The smallest absolute Gasteiger partial charge is 0.407 e. The molecule has 0 saturated carbocycles. The molecule has 1 aliphatic heterocycles. The molecule has 3 aromatic rings. The number of carboxylic acids is 1. The number of fused-ring (bicyclic) bond motifs is 5. The van der Waals surface area contributed by atoms with Gasteiger partial charge in [-0.1, -0.05) is 92.9 Å². The molecule has 0 aromatic heterocycles. The largest absolute Gasteiger partial charge is 0.507 e. The highest BCUT2D eigenvalue weighted by Crippen LogP contribution is 2.51. The number of unbranched alkanes of at least 4 members (excludes halogenated alkanes) is 5. The molecule has 1 fully saturated rings. The average Bonchev–Trinajstić information content (AvgIpc) is 3.65. The molecule has 7 rings (SSSR count). The number of aliphatic carboxylic acids is 1. The van der Waals surface area contributed by atoms with E-state index in [1.54, 1.807) is 0 Å². The van der Waals surface area contributed by atoms with Crippen LogP contribution in [0.5, 0.6) is 11.5 Å². The van der Waals surface area contributed by atoms with Crippen LogP contribution in [0.15, 0.2) is 84.7 Å². The standard InChI is InChI=1S/C53H59NO16/c1-29-39(66-3)21-15-14-20-38(55)46-47(48(29)60)51(63)45-35(50(46)62)25-53(65,41(56)28-67-43(59)23-9-7-5-4-6-8-22-42(57)58)26-40(45)70-44-24-37(49(61)30(2)69-44)54-52(64)68-27-36-33-18-12-10-16-31(33)32-17-11-13-19-34(32)36/h10-19,21,30,36-37,40,44,49,61-63,65H,1,4-9,20,22-28H2,2-3H3,(H,54,64)(H,57,58)/b15-14-,39-21?/t30-,37-,40-,44-,49+,53-/m0/s1. The van der Waals surface area contributed by atoms with Gasteiger partial charge in [0, 0.05) is 55.6 Å². The fourth-order valence-corrected chi connectivity index (χ4v) is 9.76. The van der Waals surface area contributed by atoms with Gasteiger partial charge in [0.15, 0.2) is 18.7 Å². The minimum atomic E-state index is -2.46. The second-order valence-corrected chi connectivity index (χ2v) is 18.1. The number of aliphatic hydroxyl groups excluding tert-OH is 1. The van der Waals surface area contributed by atoms with Gasteiger partial charge >= 0.3 is 18.0 Å². The zero-order chi connectivity index (χ0) is 50.3. The molecule has 0 radical (unpaired) electrons. The molecule has 0 spiro atoms. The van der Waals surface area contributed by atoms with Crippen LogP contribution in [0.1, 0.15) is 133 Å². The summed E-state index contributed by atoms with van der Waals surface area (Å²) in [4.78, 5) is 78.9. The van der Waals surface area contributed by atoms with Gasteiger partial charge in [-0.05, 0) is 48.1 Å². The third-order valence-electron chi connectivity index (χ3n) is 13.5. The first kappa shape index (κ1) is 51.2. The summed E-state index contributed by atoms with van der Waals surface area (Å²) in [7, 11) is 1.30. The number of amides is 1. The summed E-state index contributed by atoms with van der Waals surface area (Å²) in [6.07, 6.45) is 0.423. The first-order chi connectivity index (χ1) is 33.5. The number of alkyl carbamates (subject to hydrolysis) is 1. The van der Waals surface area contributed by atoms with E-state index in [-0.39, 0.29) is 60.7 Å². The molecule has 6 N–H and O–H groups in total. The highest BCUT2D eigenvalue weighted by atomic mass is 16.7. The number of hydrogen-bond donors (Lipinski definition) is 6. The summed E-state index contributed by atoms with van der Waals surface area (Å²) < 4.78 is 28.9. The Hall–Kier alpha value is -6.66. The fraction of sp³-hybridized carbons (Fsp3) is 0.434.